The molecule has 0 nitrogen and oxygen atoms in total. The van der Waals surface area contributed by atoms with E-state index in [0.717, 1.165) is 0 Å². The first kappa shape index (κ1) is 58.5. The van der Waals surface area contributed by atoms with Gasteiger partial charge >= 0.3 is 0 Å². The zero-order valence-electron chi connectivity index (χ0n) is 3.21. The molecule has 0 aliphatic carbocycles. The molecule has 0 spiro atoms. The maximum Gasteiger partial charge on any atom is 0 e. The van der Waals surface area contributed by atoms with Gasteiger partial charge in [0.1, 0.15) is 0 Å². The first-order valence-electron chi connectivity index (χ1n) is 0. The van der Waals surface area contributed by atoms with Gasteiger partial charge in [-0.25, -0.2) is 0 Å². The van der Waals surface area contributed by atoms with E-state index < -0.39 is 0 Å². The zero-order valence-corrected chi connectivity index (χ0v) is 12.6. The van der Waals surface area contributed by atoms with E-state index in [-0.39, 0.29) is 116 Å². The topological polar surface area (TPSA) is 0 Å². The van der Waals surface area contributed by atoms with Gasteiger partial charge in [0.2, 0.25) is 0 Å². The van der Waals surface area contributed by atoms with Gasteiger partial charge in [-0.05, 0) is 0 Å². The van der Waals surface area contributed by atoms with Crippen molar-refractivity contribution in [3.8, 4) is 0 Å². The Kier molecular flexibility index (Phi) is 394. The van der Waals surface area contributed by atoms with Gasteiger partial charge in [0.25, 0.3) is 0 Å². The summed E-state index contributed by atoms with van der Waals surface area (Å²) in [7, 11) is 0. The Morgan fingerprint density at radius 2 is 0.333 bits per heavy atom. The molecule has 0 aromatic heterocycles. The molecule has 0 heterocycles. The van der Waals surface area contributed by atoms with Crippen LogP contribution in [0.4, 0.5) is 0 Å². The van der Waals surface area contributed by atoms with Gasteiger partial charge in [0.15, 0.2) is 0 Å². The van der Waals surface area contributed by atoms with E-state index in [1.165, 1.54) is 0 Å². The molecule has 6 heteroatoms. The van der Waals surface area contributed by atoms with Gasteiger partial charge in [-0.3, -0.25) is 0 Å². The SMILES string of the molecule is S.S.S.S.S.[Ba]. The molecule has 0 amide bonds. The number of hydrogen-bond acceptors (Lipinski definition) is 0. The molecule has 0 rings (SSSR count). The van der Waals surface area contributed by atoms with E-state index in [9.17, 15) is 0 Å². The monoisotopic (exact) mass is 308 g/mol. The molecule has 0 bridgehead atoms. The van der Waals surface area contributed by atoms with Gasteiger partial charge in [0.05, 0.1) is 0 Å². The van der Waals surface area contributed by atoms with E-state index in [1.54, 1.807) is 0 Å². The second kappa shape index (κ2) is 40.4. The Balaban J connectivity index is 0. The van der Waals surface area contributed by atoms with E-state index in [4.69, 9.17) is 0 Å². The molecular formula is H10BaS5. The summed E-state index contributed by atoms with van der Waals surface area (Å²) in [5.41, 5.74) is 0. The summed E-state index contributed by atoms with van der Waals surface area (Å²) < 4.78 is 0. The molecular weight excluding hydrogens is 298 g/mol. The second-order valence-corrected chi connectivity index (χ2v) is 0. The van der Waals surface area contributed by atoms with Crippen LogP contribution in [0.1, 0.15) is 0 Å². The fourth-order valence-electron chi connectivity index (χ4n) is 0. The molecule has 0 saturated carbocycles. The zero-order chi connectivity index (χ0) is 0. The molecule has 0 saturated heterocycles. The van der Waals surface area contributed by atoms with Crippen molar-refractivity contribution in [2.24, 2.45) is 0 Å². The third kappa shape index (κ3) is 26.5. The number of rotatable bonds is 0. The van der Waals surface area contributed by atoms with Gasteiger partial charge < -0.3 is 0 Å². The summed E-state index contributed by atoms with van der Waals surface area (Å²) in [6.07, 6.45) is 0. The summed E-state index contributed by atoms with van der Waals surface area (Å²) in [6.45, 7) is 0. The van der Waals surface area contributed by atoms with E-state index in [1.807, 2.05) is 0 Å². The van der Waals surface area contributed by atoms with Crippen molar-refractivity contribution >= 4 is 116 Å². The van der Waals surface area contributed by atoms with Crippen molar-refractivity contribution in [2.75, 3.05) is 0 Å². The van der Waals surface area contributed by atoms with Gasteiger partial charge in [-0.2, -0.15) is 67.5 Å². The molecule has 0 aliphatic heterocycles. The summed E-state index contributed by atoms with van der Waals surface area (Å²) in [5, 5.41) is 0. The third-order valence-corrected chi connectivity index (χ3v) is 0. The largest absolute Gasteiger partial charge is 0.197 e. The van der Waals surface area contributed by atoms with Crippen molar-refractivity contribution in [3.05, 3.63) is 0 Å². The minimum absolute atomic E-state index is 0. The van der Waals surface area contributed by atoms with Crippen LogP contribution < -0.4 is 0 Å². The number of hydrogen-bond donors (Lipinski definition) is 0. The third-order valence-electron chi connectivity index (χ3n) is 0. The van der Waals surface area contributed by atoms with Crippen molar-refractivity contribution in [1.29, 1.82) is 0 Å². The average Bonchev–Trinajstić information content (AvgIpc) is 0. The quantitative estimate of drug-likeness (QED) is 0.560. The van der Waals surface area contributed by atoms with Crippen LogP contribution >= 0.6 is 67.5 Å². The Hall–Kier alpha value is 3.32. The predicted octanol–water partition coefficient (Wildman–Crippen LogP) is 0.183. The second-order valence-electron chi connectivity index (χ2n) is 0. The van der Waals surface area contributed by atoms with Crippen molar-refractivity contribution in [2.45, 2.75) is 0 Å². The summed E-state index contributed by atoms with van der Waals surface area (Å²) in [4.78, 5) is 0. The van der Waals surface area contributed by atoms with Crippen LogP contribution in [0.15, 0.2) is 0 Å². The fraction of sp³-hybridized carbons (Fsp3) is 0. The molecule has 0 unspecified atom stereocenters. The minimum Gasteiger partial charge on any atom is -0.197 e. The van der Waals surface area contributed by atoms with E-state index in [0.29, 0.717) is 0 Å². The van der Waals surface area contributed by atoms with Crippen molar-refractivity contribution < 1.29 is 0 Å². The first-order valence-corrected chi connectivity index (χ1v) is 0. The summed E-state index contributed by atoms with van der Waals surface area (Å²) in [5.74, 6) is 0. The molecule has 0 atom stereocenters. The Labute approximate surface area is 114 Å². The summed E-state index contributed by atoms with van der Waals surface area (Å²) >= 11 is 0. The Bertz CT molecular complexity index is 3.90. The predicted molar refractivity (Wildman–Crippen MR) is 57.7 cm³/mol. The van der Waals surface area contributed by atoms with Crippen LogP contribution in [0.3, 0.4) is 0 Å². The van der Waals surface area contributed by atoms with E-state index in [2.05, 4.69) is 0 Å². The van der Waals surface area contributed by atoms with Crippen LogP contribution in [0, 0.1) is 0 Å². The Morgan fingerprint density at radius 1 is 0.333 bits per heavy atom. The maximum absolute atomic E-state index is 0. The normalized spacial score (nSPS) is 0. The maximum atomic E-state index is 0. The first-order chi connectivity index (χ1) is 0. The van der Waals surface area contributed by atoms with Crippen LogP contribution in [-0.4, -0.2) is 48.9 Å². The molecule has 42 valence electrons. The molecule has 6 heavy (non-hydrogen) atoms. The van der Waals surface area contributed by atoms with Crippen molar-refractivity contribution in [1.82, 2.24) is 0 Å². The van der Waals surface area contributed by atoms with Crippen LogP contribution in [0.5, 0.6) is 0 Å². The van der Waals surface area contributed by atoms with Crippen LogP contribution in [-0.2, 0) is 0 Å². The molecule has 0 N–H and O–H groups in total. The van der Waals surface area contributed by atoms with Gasteiger partial charge in [-0.1, -0.05) is 0 Å². The standard InChI is InChI=1S/Ba.5H2S/h;5*1H2. The minimum atomic E-state index is 0. The Morgan fingerprint density at radius 3 is 0.333 bits per heavy atom. The van der Waals surface area contributed by atoms with Crippen molar-refractivity contribution in [3.63, 3.8) is 0 Å². The van der Waals surface area contributed by atoms with Gasteiger partial charge in [0, 0.05) is 48.9 Å². The van der Waals surface area contributed by atoms with Gasteiger partial charge in [-0.15, -0.1) is 0 Å². The molecule has 2 radical (unpaired) electrons. The molecule has 0 aromatic carbocycles. The molecule has 0 fully saturated rings. The summed E-state index contributed by atoms with van der Waals surface area (Å²) in [6, 6.07) is 0. The van der Waals surface area contributed by atoms with Crippen LogP contribution in [0.25, 0.3) is 0 Å². The average molecular weight is 308 g/mol. The molecule has 0 aromatic rings. The smallest absolute Gasteiger partial charge is 0 e. The van der Waals surface area contributed by atoms with Crippen LogP contribution in [0.2, 0.25) is 0 Å². The fourth-order valence-corrected chi connectivity index (χ4v) is 0. The van der Waals surface area contributed by atoms with E-state index >= 15 is 0 Å². The molecule has 0 aliphatic rings.